The first-order valence-corrected chi connectivity index (χ1v) is 12.4. The molecule has 0 aliphatic heterocycles. The molecule has 178 valence electrons. The highest BCUT2D eigenvalue weighted by molar-refractivity contribution is 7.89. The number of carbonyl (C=O) groups is 2. The zero-order chi connectivity index (χ0) is 24.9. The van der Waals surface area contributed by atoms with E-state index in [1.54, 1.807) is 12.1 Å². The molecule has 1 amide bonds. The number of hydrogen-bond acceptors (Lipinski definition) is 5. The number of amides is 1. The van der Waals surface area contributed by atoms with Crippen LogP contribution in [0.4, 0.5) is 5.69 Å². The second-order valence-electron chi connectivity index (χ2n) is 7.09. The number of methoxy groups -OCH3 is 1. The van der Waals surface area contributed by atoms with Gasteiger partial charge in [-0.05, 0) is 66.2 Å². The van der Waals surface area contributed by atoms with E-state index >= 15 is 0 Å². The Bertz CT molecular complexity index is 1300. The topological polar surface area (TPSA) is 92.8 Å². The van der Waals surface area contributed by atoms with Gasteiger partial charge in [-0.3, -0.25) is 4.79 Å². The number of ether oxygens (including phenoxy) is 1. The molecule has 0 atom stereocenters. The van der Waals surface area contributed by atoms with Crippen molar-refractivity contribution in [2.45, 2.75) is 11.4 Å². The van der Waals surface area contributed by atoms with E-state index in [4.69, 9.17) is 34.8 Å². The molecular formula is C23H19Cl3N2O5S. The SMILES string of the molecule is COC(=O)c1ccc(NC(=O)CN(Cc2ccc(Cl)c(Cl)c2)S(=O)(=O)c2ccc(Cl)cc2)cc1. The summed E-state index contributed by atoms with van der Waals surface area (Å²) in [6.07, 6.45) is 0. The number of halogens is 3. The standard InChI is InChI=1S/C23H19Cl3N2O5S/c1-33-23(30)16-3-7-18(8-4-16)27-22(29)14-28(13-15-2-11-20(25)21(26)12-15)34(31,32)19-9-5-17(24)6-10-19/h2-12H,13-14H2,1H3,(H,27,29). The van der Waals surface area contributed by atoms with Crippen LogP contribution in [-0.4, -0.2) is 38.3 Å². The Morgan fingerprint density at radius 2 is 1.56 bits per heavy atom. The van der Waals surface area contributed by atoms with E-state index in [0.717, 1.165) is 4.31 Å². The third-order valence-electron chi connectivity index (χ3n) is 4.70. The van der Waals surface area contributed by atoms with Gasteiger partial charge in [0, 0.05) is 17.3 Å². The lowest BCUT2D eigenvalue weighted by atomic mass is 10.2. The summed E-state index contributed by atoms with van der Waals surface area (Å²) in [6.45, 7) is -0.611. The molecule has 3 rings (SSSR count). The average molecular weight is 542 g/mol. The van der Waals surface area contributed by atoms with Crippen LogP contribution in [0.25, 0.3) is 0 Å². The molecule has 11 heteroatoms. The molecule has 1 N–H and O–H groups in total. The second kappa shape index (κ2) is 11.2. The highest BCUT2D eigenvalue weighted by Crippen LogP contribution is 2.25. The molecule has 0 aromatic heterocycles. The zero-order valence-corrected chi connectivity index (χ0v) is 20.9. The van der Waals surface area contributed by atoms with Crippen molar-refractivity contribution >= 4 is 62.4 Å². The number of nitrogens with one attached hydrogen (secondary N) is 1. The Morgan fingerprint density at radius 3 is 2.15 bits per heavy atom. The minimum Gasteiger partial charge on any atom is -0.465 e. The molecule has 0 saturated heterocycles. The molecule has 3 aromatic carbocycles. The summed E-state index contributed by atoms with van der Waals surface area (Å²) in [5, 5.41) is 3.59. The monoisotopic (exact) mass is 540 g/mol. The molecule has 0 saturated carbocycles. The number of benzene rings is 3. The predicted molar refractivity (Wildman–Crippen MR) is 132 cm³/mol. The minimum absolute atomic E-state index is 0.0211. The van der Waals surface area contributed by atoms with Crippen LogP contribution >= 0.6 is 34.8 Å². The van der Waals surface area contributed by atoms with E-state index in [1.165, 1.54) is 61.7 Å². The molecule has 0 heterocycles. The summed E-state index contributed by atoms with van der Waals surface area (Å²) >= 11 is 17.9. The van der Waals surface area contributed by atoms with Gasteiger partial charge in [0.15, 0.2) is 0 Å². The number of esters is 1. The van der Waals surface area contributed by atoms with Gasteiger partial charge in [-0.25, -0.2) is 13.2 Å². The van der Waals surface area contributed by atoms with Crippen molar-refractivity contribution in [3.63, 3.8) is 0 Å². The van der Waals surface area contributed by atoms with Crippen molar-refractivity contribution in [3.05, 3.63) is 92.9 Å². The van der Waals surface area contributed by atoms with E-state index in [1.807, 2.05) is 0 Å². The van der Waals surface area contributed by atoms with Gasteiger partial charge in [0.25, 0.3) is 0 Å². The normalized spacial score (nSPS) is 11.3. The van der Waals surface area contributed by atoms with Crippen molar-refractivity contribution in [2.75, 3.05) is 19.0 Å². The van der Waals surface area contributed by atoms with E-state index in [9.17, 15) is 18.0 Å². The third kappa shape index (κ3) is 6.49. The lowest BCUT2D eigenvalue weighted by molar-refractivity contribution is -0.116. The van der Waals surface area contributed by atoms with Crippen molar-refractivity contribution in [1.29, 1.82) is 0 Å². The summed E-state index contributed by atoms with van der Waals surface area (Å²) in [5.74, 6) is -1.09. The number of rotatable bonds is 8. The average Bonchev–Trinajstić information content (AvgIpc) is 2.81. The van der Waals surface area contributed by atoms with Crippen LogP contribution in [0.1, 0.15) is 15.9 Å². The molecular weight excluding hydrogens is 523 g/mol. The smallest absolute Gasteiger partial charge is 0.337 e. The largest absolute Gasteiger partial charge is 0.465 e. The maximum atomic E-state index is 13.3. The van der Waals surface area contributed by atoms with Gasteiger partial charge >= 0.3 is 5.97 Å². The highest BCUT2D eigenvalue weighted by Gasteiger charge is 2.27. The van der Waals surface area contributed by atoms with Crippen LogP contribution < -0.4 is 5.32 Å². The lowest BCUT2D eigenvalue weighted by Gasteiger charge is -2.22. The molecule has 0 bridgehead atoms. The third-order valence-corrected chi connectivity index (χ3v) is 7.50. The summed E-state index contributed by atoms with van der Waals surface area (Å²) in [4.78, 5) is 24.3. The van der Waals surface area contributed by atoms with Crippen LogP contribution in [0.15, 0.2) is 71.6 Å². The Balaban J connectivity index is 1.85. The Labute approximate surface area is 212 Å². The van der Waals surface area contributed by atoms with Gasteiger partial charge in [0.2, 0.25) is 15.9 Å². The quantitative estimate of drug-likeness (QED) is 0.393. The molecule has 0 radical (unpaired) electrons. The number of hydrogen-bond donors (Lipinski definition) is 1. The lowest BCUT2D eigenvalue weighted by Crippen LogP contribution is -2.37. The fourth-order valence-corrected chi connectivity index (χ4v) is 4.82. The number of carbonyl (C=O) groups excluding carboxylic acids is 2. The van der Waals surface area contributed by atoms with Crippen molar-refractivity contribution in [2.24, 2.45) is 0 Å². The summed E-state index contributed by atoms with van der Waals surface area (Å²) in [5.41, 5.74) is 1.24. The Hall–Kier alpha value is -2.62. The zero-order valence-electron chi connectivity index (χ0n) is 17.8. The maximum Gasteiger partial charge on any atom is 0.337 e. The summed E-state index contributed by atoms with van der Waals surface area (Å²) in [6, 6.07) is 16.4. The fraction of sp³-hybridized carbons (Fsp3) is 0.130. The van der Waals surface area contributed by atoms with E-state index in [0.29, 0.717) is 26.9 Å². The van der Waals surface area contributed by atoms with Gasteiger partial charge in [0.05, 0.1) is 34.2 Å². The second-order valence-corrected chi connectivity index (χ2v) is 10.3. The molecule has 0 unspecified atom stereocenters. The molecule has 0 aliphatic carbocycles. The van der Waals surface area contributed by atoms with Crippen molar-refractivity contribution in [3.8, 4) is 0 Å². The van der Waals surface area contributed by atoms with Gasteiger partial charge in [-0.2, -0.15) is 4.31 Å². The summed E-state index contributed by atoms with van der Waals surface area (Å²) in [7, 11) is -2.81. The number of anilines is 1. The molecule has 34 heavy (non-hydrogen) atoms. The van der Waals surface area contributed by atoms with Crippen molar-refractivity contribution < 1.29 is 22.7 Å². The summed E-state index contributed by atoms with van der Waals surface area (Å²) < 4.78 is 32.3. The maximum absolute atomic E-state index is 13.3. The molecule has 0 spiro atoms. The van der Waals surface area contributed by atoms with Gasteiger partial charge < -0.3 is 10.1 Å². The first kappa shape index (κ1) is 26.0. The van der Waals surface area contributed by atoms with E-state index < -0.39 is 28.4 Å². The predicted octanol–water partition coefficient (Wildman–Crippen LogP) is 5.26. The molecule has 0 fully saturated rings. The molecule has 7 nitrogen and oxygen atoms in total. The minimum atomic E-state index is -4.07. The van der Waals surface area contributed by atoms with Gasteiger partial charge in [-0.1, -0.05) is 40.9 Å². The van der Waals surface area contributed by atoms with Crippen LogP contribution in [0, 0.1) is 0 Å². The Morgan fingerprint density at radius 1 is 0.912 bits per heavy atom. The first-order valence-electron chi connectivity index (χ1n) is 9.78. The van der Waals surface area contributed by atoms with Crippen LogP contribution in [0.5, 0.6) is 0 Å². The van der Waals surface area contributed by atoms with E-state index in [2.05, 4.69) is 10.1 Å². The fourth-order valence-electron chi connectivity index (χ4n) is 2.99. The number of sulfonamides is 1. The first-order chi connectivity index (χ1) is 16.1. The van der Waals surface area contributed by atoms with Gasteiger partial charge in [0.1, 0.15) is 0 Å². The van der Waals surface area contributed by atoms with Crippen molar-refractivity contribution in [1.82, 2.24) is 4.31 Å². The molecule has 0 aliphatic rings. The number of nitrogens with zero attached hydrogens (tertiary/aromatic N) is 1. The molecule has 3 aromatic rings. The highest BCUT2D eigenvalue weighted by atomic mass is 35.5. The van der Waals surface area contributed by atoms with Crippen LogP contribution in [0.3, 0.4) is 0 Å². The Kier molecular flexibility index (Phi) is 8.57. The van der Waals surface area contributed by atoms with E-state index in [-0.39, 0.29) is 16.5 Å². The van der Waals surface area contributed by atoms with Crippen LogP contribution in [-0.2, 0) is 26.1 Å². The van der Waals surface area contributed by atoms with Gasteiger partial charge in [-0.15, -0.1) is 0 Å². The van der Waals surface area contributed by atoms with Crippen LogP contribution in [0.2, 0.25) is 15.1 Å².